The minimum atomic E-state index is -0.377. The predicted molar refractivity (Wildman–Crippen MR) is 78.7 cm³/mol. The molecule has 0 aliphatic heterocycles. The third kappa shape index (κ3) is 3.84. The van der Waals surface area contributed by atoms with E-state index in [1.807, 2.05) is 18.2 Å². The second kappa shape index (κ2) is 6.41. The Morgan fingerprint density at radius 1 is 1.11 bits per heavy atom. The average Bonchev–Trinajstić information content (AvgIpc) is 2.42. The molecule has 3 nitrogen and oxygen atoms in total. The van der Waals surface area contributed by atoms with E-state index >= 15 is 0 Å². The molecule has 0 heterocycles. The minimum Gasteiger partial charge on any atom is -0.258 e. The molecule has 2 rings (SSSR count). The molecule has 0 N–H and O–H groups in total. The van der Waals surface area contributed by atoms with E-state index in [-0.39, 0.29) is 10.6 Å². The molecular weight excluding hydrogens is 282 g/mol. The van der Waals surface area contributed by atoms with Crippen LogP contribution in [0.2, 0.25) is 5.02 Å². The fourth-order valence-electron chi connectivity index (χ4n) is 1.46. The summed E-state index contributed by atoms with van der Waals surface area (Å²) >= 11 is 7.09. The van der Waals surface area contributed by atoms with Gasteiger partial charge in [0.15, 0.2) is 0 Å². The first kappa shape index (κ1) is 13.6. The van der Waals surface area contributed by atoms with Crippen molar-refractivity contribution >= 4 is 29.1 Å². The van der Waals surface area contributed by atoms with E-state index in [1.165, 1.54) is 11.8 Å². The van der Waals surface area contributed by atoms with Gasteiger partial charge in [0, 0.05) is 9.92 Å². The molecule has 2 aromatic carbocycles. The summed E-state index contributed by atoms with van der Waals surface area (Å²) in [5.41, 5.74) is 0.675. The van der Waals surface area contributed by atoms with Crippen LogP contribution in [0, 0.1) is 10.1 Å². The lowest BCUT2D eigenvalue weighted by atomic mass is 10.2. The second-order valence-electron chi connectivity index (χ2n) is 3.70. The normalized spacial score (nSPS) is 11.3. The van der Waals surface area contributed by atoms with Crippen molar-refractivity contribution in [3.05, 3.63) is 80.7 Å². The van der Waals surface area contributed by atoms with Crippen LogP contribution in [0.15, 0.2) is 64.9 Å². The Morgan fingerprint density at radius 3 is 2.32 bits per heavy atom. The largest absolute Gasteiger partial charge is 0.283 e. The number of hydrogen-bond acceptors (Lipinski definition) is 3. The standard InChI is InChI=1S/C14H10ClNO2S/c15-12-6-8-13(9-7-12)19-10-14(16(17)18)11-4-2-1-3-5-11/h1-10H. The van der Waals surface area contributed by atoms with Crippen LogP contribution in [0.4, 0.5) is 0 Å². The predicted octanol–water partition coefficient (Wildman–Crippen LogP) is 4.71. The number of thioether (sulfide) groups is 1. The summed E-state index contributed by atoms with van der Waals surface area (Å²) in [5.74, 6) is 0. The number of nitro groups is 1. The first-order valence-electron chi connectivity index (χ1n) is 5.49. The maximum Gasteiger partial charge on any atom is 0.283 e. The molecule has 0 aliphatic rings. The highest BCUT2D eigenvalue weighted by Crippen LogP contribution is 2.26. The van der Waals surface area contributed by atoms with Crippen LogP contribution < -0.4 is 0 Å². The van der Waals surface area contributed by atoms with Gasteiger partial charge in [-0.3, -0.25) is 10.1 Å². The van der Waals surface area contributed by atoms with Gasteiger partial charge in [-0.1, -0.05) is 41.6 Å². The molecule has 5 heteroatoms. The molecule has 2 aromatic rings. The van der Waals surface area contributed by atoms with E-state index in [9.17, 15) is 10.1 Å². The Morgan fingerprint density at radius 2 is 1.74 bits per heavy atom. The van der Waals surface area contributed by atoms with E-state index in [2.05, 4.69) is 0 Å². The van der Waals surface area contributed by atoms with Crippen molar-refractivity contribution in [2.45, 2.75) is 4.90 Å². The fraction of sp³-hybridized carbons (Fsp3) is 0. The third-order valence-electron chi connectivity index (χ3n) is 2.39. The van der Waals surface area contributed by atoms with Crippen molar-refractivity contribution in [1.82, 2.24) is 0 Å². The summed E-state index contributed by atoms with van der Waals surface area (Å²) in [4.78, 5) is 11.6. The summed E-state index contributed by atoms with van der Waals surface area (Å²) in [6.07, 6.45) is 0. The fourth-order valence-corrected chi connectivity index (χ4v) is 2.35. The molecule has 0 unspecified atom stereocenters. The lowest BCUT2D eigenvalue weighted by Crippen LogP contribution is -1.96. The molecule has 0 saturated carbocycles. The first-order valence-corrected chi connectivity index (χ1v) is 6.75. The number of hydrogen-bond donors (Lipinski definition) is 0. The summed E-state index contributed by atoms with van der Waals surface area (Å²) < 4.78 is 0. The van der Waals surface area contributed by atoms with Crippen LogP contribution in [0.1, 0.15) is 5.56 Å². The lowest BCUT2D eigenvalue weighted by molar-refractivity contribution is -0.375. The monoisotopic (exact) mass is 291 g/mol. The zero-order valence-electron chi connectivity index (χ0n) is 9.82. The van der Waals surface area contributed by atoms with Crippen LogP contribution in [-0.4, -0.2) is 4.92 Å². The van der Waals surface area contributed by atoms with Gasteiger partial charge in [-0.05, 0) is 36.4 Å². The molecule has 19 heavy (non-hydrogen) atoms. The molecule has 0 aliphatic carbocycles. The average molecular weight is 292 g/mol. The maximum absolute atomic E-state index is 11.1. The van der Waals surface area contributed by atoms with E-state index in [0.717, 1.165) is 4.90 Å². The van der Waals surface area contributed by atoms with Crippen LogP contribution in [-0.2, 0) is 0 Å². The molecule has 0 saturated heterocycles. The van der Waals surface area contributed by atoms with Gasteiger partial charge in [-0.2, -0.15) is 0 Å². The van der Waals surface area contributed by atoms with Crippen molar-refractivity contribution < 1.29 is 4.92 Å². The minimum absolute atomic E-state index is 0.0838. The summed E-state index contributed by atoms with van der Waals surface area (Å²) in [7, 11) is 0. The van der Waals surface area contributed by atoms with E-state index < -0.39 is 0 Å². The third-order valence-corrected chi connectivity index (χ3v) is 3.52. The van der Waals surface area contributed by atoms with Gasteiger partial charge in [0.2, 0.25) is 0 Å². The number of halogens is 1. The highest BCUT2D eigenvalue weighted by molar-refractivity contribution is 8.02. The van der Waals surface area contributed by atoms with E-state index in [1.54, 1.807) is 41.8 Å². The molecule has 0 bridgehead atoms. The van der Waals surface area contributed by atoms with Crippen LogP contribution in [0.25, 0.3) is 5.70 Å². The number of rotatable bonds is 4. The van der Waals surface area contributed by atoms with Gasteiger partial charge >= 0.3 is 0 Å². The zero-order chi connectivity index (χ0) is 13.7. The number of benzene rings is 2. The molecule has 0 aromatic heterocycles. The Balaban J connectivity index is 2.23. The smallest absolute Gasteiger partial charge is 0.258 e. The van der Waals surface area contributed by atoms with Gasteiger partial charge < -0.3 is 0 Å². The first-order chi connectivity index (χ1) is 9.16. The molecule has 0 atom stereocenters. The summed E-state index contributed by atoms with van der Waals surface area (Å²) in [6.45, 7) is 0. The van der Waals surface area contributed by atoms with Crippen molar-refractivity contribution in [2.24, 2.45) is 0 Å². The van der Waals surface area contributed by atoms with Gasteiger partial charge in [0.25, 0.3) is 5.70 Å². The topological polar surface area (TPSA) is 43.1 Å². The Labute approximate surface area is 120 Å². The Bertz CT molecular complexity index is 597. The summed E-state index contributed by atoms with van der Waals surface area (Å²) in [5, 5.41) is 13.3. The van der Waals surface area contributed by atoms with Crippen molar-refractivity contribution in [3.63, 3.8) is 0 Å². The molecule has 96 valence electrons. The van der Waals surface area contributed by atoms with Crippen molar-refractivity contribution in [1.29, 1.82) is 0 Å². The maximum atomic E-state index is 11.1. The Kier molecular flexibility index (Phi) is 4.60. The second-order valence-corrected chi connectivity index (χ2v) is 5.08. The van der Waals surface area contributed by atoms with Crippen LogP contribution >= 0.6 is 23.4 Å². The lowest BCUT2D eigenvalue weighted by Gasteiger charge is -1.99. The molecule has 0 fully saturated rings. The number of nitrogens with zero attached hydrogens (tertiary/aromatic N) is 1. The molecule has 0 amide bonds. The van der Waals surface area contributed by atoms with Crippen molar-refractivity contribution in [3.8, 4) is 0 Å². The molecule has 0 spiro atoms. The van der Waals surface area contributed by atoms with Crippen molar-refractivity contribution in [2.75, 3.05) is 0 Å². The highest BCUT2D eigenvalue weighted by atomic mass is 35.5. The molecular formula is C14H10ClNO2S. The van der Waals surface area contributed by atoms with E-state index in [4.69, 9.17) is 11.6 Å². The van der Waals surface area contributed by atoms with Crippen LogP contribution in [0.3, 0.4) is 0 Å². The Hall–Kier alpha value is -1.78. The molecule has 0 radical (unpaired) electrons. The van der Waals surface area contributed by atoms with E-state index in [0.29, 0.717) is 10.6 Å². The highest BCUT2D eigenvalue weighted by Gasteiger charge is 2.13. The zero-order valence-corrected chi connectivity index (χ0v) is 11.4. The van der Waals surface area contributed by atoms with Gasteiger partial charge in [-0.25, -0.2) is 0 Å². The quantitative estimate of drug-likeness (QED) is 0.465. The van der Waals surface area contributed by atoms with Gasteiger partial charge in [0.1, 0.15) is 0 Å². The van der Waals surface area contributed by atoms with Gasteiger partial charge in [0.05, 0.1) is 15.9 Å². The van der Waals surface area contributed by atoms with Gasteiger partial charge in [-0.15, -0.1) is 0 Å². The van der Waals surface area contributed by atoms with Crippen LogP contribution in [0.5, 0.6) is 0 Å². The summed E-state index contributed by atoms with van der Waals surface area (Å²) in [6, 6.07) is 16.0. The SMILES string of the molecule is O=[N+]([O-])C(=CSc1ccc(Cl)cc1)c1ccccc1.